The van der Waals surface area contributed by atoms with Gasteiger partial charge < -0.3 is 14.6 Å². The fourth-order valence-electron chi connectivity index (χ4n) is 4.83. The minimum atomic E-state index is -0.144. The summed E-state index contributed by atoms with van der Waals surface area (Å²) in [7, 11) is 1.71. The van der Waals surface area contributed by atoms with Crippen molar-refractivity contribution in [1.29, 1.82) is 0 Å². The number of amides is 1. The molecule has 0 unspecified atom stereocenters. The molecule has 0 saturated heterocycles. The predicted molar refractivity (Wildman–Crippen MR) is 149 cm³/mol. The molecule has 1 aliphatic heterocycles. The fourth-order valence-corrected chi connectivity index (χ4v) is 4.83. The van der Waals surface area contributed by atoms with E-state index in [-0.39, 0.29) is 24.5 Å². The molecule has 1 aliphatic rings. The molecule has 0 aliphatic carbocycles. The van der Waals surface area contributed by atoms with Crippen LogP contribution >= 0.6 is 0 Å². The van der Waals surface area contributed by atoms with E-state index < -0.39 is 0 Å². The lowest BCUT2D eigenvalue weighted by molar-refractivity contribution is 0.0741. The Labute approximate surface area is 228 Å². The van der Waals surface area contributed by atoms with Gasteiger partial charge >= 0.3 is 0 Å². The molecule has 200 valence electrons. The number of fused-ring (bicyclic) bond motifs is 2. The number of hydrogen-bond donors (Lipinski definition) is 1. The monoisotopic (exact) mass is 524 g/mol. The van der Waals surface area contributed by atoms with Crippen LogP contribution < -0.4 is 9.64 Å². The highest BCUT2D eigenvalue weighted by Crippen LogP contribution is 2.42. The van der Waals surface area contributed by atoms with Gasteiger partial charge in [0.1, 0.15) is 5.75 Å². The molecule has 2 heterocycles. The van der Waals surface area contributed by atoms with Gasteiger partial charge in [0.25, 0.3) is 5.91 Å². The van der Waals surface area contributed by atoms with Crippen LogP contribution in [0.25, 0.3) is 0 Å². The molecule has 0 radical (unpaired) electrons. The first kappa shape index (κ1) is 26.3. The number of rotatable bonds is 10. The molecule has 1 amide bonds. The number of anilines is 2. The number of aliphatic hydroxyl groups excluding tert-OH is 1. The lowest BCUT2D eigenvalue weighted by atomic mass is 9.96. The Morgan fingerprint density at radius 2 is 1.77 bits per heavy atom. The van der Waals surface area contributed by atoms with Gasteiger partial charge in [-0.1, -0.05) is 60.7 Å². The van der Waals surface area contributed by atoms with Gasteiger partial charge in [-0.05, 0) is 48.4 Å². The van der Waals surface area contributed by atoms with Crippen molar-refractivity contribution < 1.29 is 19.4 Å². The highest BCUT2D eigenvalue weighted by Gasteiger charge is 2.29. The van der Waals surface area contributed by atoms with Crippen molar-refractivity contribution in [3.63, 3.8) is 0 Å². The Balaban J connectivity index is 1.31. The number of ether oxygens (including phenoxy) is 2. The van der Waals surface area contributed by atoms with Crippen molar-refractivity contribution in [2.45, 2.75) is 32.4 Å². The molecule has 8 heteroatoms. The van der Waals surface area contributed by atoms with E-state index in [1.807, 2.05) is 72.9 Å². The number of nitrogens with zero attached hydrogens (tertiary/aromatic N) is 4. The number of aliphatic hydroxyl groups is 1. The number of hydrogen-bond acceptors (Lipinski definition) is 6. The third kappa shape index (κ3) is 5.77. The highest BCUT2D eigenvalue weighted by atomic mass is 16.5. The normalized spacial score (nSPS) is 14.4. The van der Waals surface area contributed by atoms with Crippen LogP contribution in [0.4, 0.5) is 11.4 Å². The number of methoxy groups -OCH3 is 1. The zero-order valence-electron chi connectivity index (χ0n) is 22.1. The average Bonchev–Trinajstić information content (AvgIpc) is 3.36. The summed E-state index contributed by atoms with van der Waals surface area (Å²) in [5, 5.41) is 17.2. The summed E-state index contributed by atoms with van der Waals surface area (Å²) in [6.07, 6.45) is 7.32. The average molecular weight is 525 g/mol. The Morgan fingerprint density at radius 1 is 1.03 bits per heavy atom. The van der Waals surface area contributed by atoms with Crippen molar-refractivity contribution in [3.05, 3.63) is 108 Å². The molecule has 0 spiro atoms. The highest BCUT2D eigenvalue weighted by molar-refractivity contribution is 6.14. The van der Waals surface area contributed by atoms with Gasteiger partial charge in [0.2, 0.25) is 0 Å². The summed E-state index contributed by atoms with van der Waals surface area (Å²) in [5.41, 5.74) is 3.78. The van der Waals surface area contributed by atoms with E-state index in [4.69, 9.17) is 14.6 Å². The number of benzene rings is 3. The zero-order valence-corrected chi connectivity index (χ0v) is 22.1. The van der Waals surface area contributed by atoms with E-state index in [0.29, 0.717) is 35.7 Å². The maximum Gasteiger partial charge on any atom is 0.266 e. The van der Waals surface area contributed by atoms with E-state index in [0.717, 1.165) is 23.4 Å². The lowest BCUT2D eigenvalue weighted by Crippen LogP contribution is -2.25. The second-order valence-corrected chi connectivity index (χ2v) is 9.48. The van der Waals surface area contributed by atoms with Crippen LogP contribution in [0.15, 0.2) is 91.1 Å². The third-order valence-electron chi connectivity index (χ3n) is 6.78. The number of aryl methyl sites for hydroxylation is 1. The summed E-state index contributed by atoms with van der Waals surface area (Å²) < 4.78 is 13.8. The Morgan fingerprint density at radius 3 is 2.54 bits per heavy atom. The van der Waals surface area contributed by atoms with Gasteiger partial charge in [-0.3, -0.25) is 14.4 Å². The van der Waals surface area contributed by atoms with E-state index in [1.54, 1.807) is 22.8 Å². The van der Waals surface area contributed by atoms with E-state index in [2.05, 4.69) is 29.4 Å². The first-order valence-electron chi connectivity index (χ1n) is 13.1. The lowest BCUT2D eigenvalue weighted by Gasteiger charge is -2.24. The maximum absolute atomic E-state index is 13.7. The van der Waals surface area contributed by atoms with Crippen LogP contribution in [-0.4, -0.2) is 39.7 Å². The summed E-state index contributed by atoms with van der Waals surface area (Å²) in [4.78, 5) is 15.4. The molecule has 2 atom stereocenters. The fraction of sp³-hybridized carbons (Fsp3) is 0.258. The van der Waals surface area contributed by atoms with Crippen molar-refractivity contribution in [1.82, 2.24) is 15.0 Å². The molecule has 8 nitrogen and oxygen atoms in total. The van der Waals surface area contributed by atoms with E-state index >= 15 is 0 Å². The van der Waals surface area contributed by atoms with Gasteiger partial charge in [0, 0.05) is 44.5 Å². The summed E-state index contributed by atoms with van der Waals surface area (Å²) >= 11 is 0. The topological polar surface area (TPSA) is 89.7 Å². The molecule has 1 N–H and O–H groups in total. The molecular formula is C31H32N4O4. The first-order valence-corrected chi connectivity index (χ1v) is 13.1. The van der Waals surface area contributed by atoms with Gasteiger partial charge in [0.05, 0.1) is 23.0 Å². The predicted octanol–water partition coefficient (Wildman–Crippen LogP) is 5.87. The number of carbonyl (C=O) groups excluding carboxylic acids is 1. The Bertz CT molecular complexity index is 1450. The van der Waals surface area contributed by atoms with Gasteiger partial charge in [-0.2, -0.15) is 0 Å². The number of aromatic nitrogens is 3. The Hall–Kier alpha value is -4.27. The maximum atomic E-state index is 13.7. The zero-order chi connectivity index (χ0) is 27.2. The van der Waals surface area contributed by atoms with Gasteiger partial charge in [-0.15, -0.1) is 5.10 Å². The molecule has 3 aromatic carbocycles. The molecule has 4 aromatic rings. The smallest absolute Gasteiger partial charge is 0.266 e. The molecule has 5 rings (SSSR count). The molecule has 0 bridgehead atoms. The number of allylic oxidation sites excluding steroid dienone is 1. The van der Waals surface area contributed by atoms with Crippen molar-refractivity contribution >= 4 is 17.3 Å². The molecule has 1 aromatic heterocycles. The van der Waals surface area contributed by atoms with Crippen LogP contribution in [0.2, 0.25) is 0 Å². The summed E-state index contributed by atoms with van der Waals surface area (Å²) in [6, 6.07) is 22.8. The number of para-hydroxylation sites is 3. The van der Waals surface area contributed by atoms with Crippen molar-refractivity contribution in [3.8, 4) is 11.5 Å². The minimum Gasteiger partial charge on any atom is -0.454 e. The van der Waals surface area contributed by atoms with E-state index in [9.17, 15) is 4.79 Å². The third-order valence-corrected chi connectivity index (χ3v) is 6.78. The second kappa shape index (κ2) is 12.1. The minimum absolute atomic E-state index is 0.0689. The van der Waals surface area contributed by atoms with Crippen LogP contribution in [0.3, 0.4) is 0 Å². The first-order chi connectivity index (χ1) is 19.1. The quantitative estimate of drug-likeness (QED) is 0.261. The molecule has 0 saturated carbocycles. The van der Waals surface area contributed by atoms with Gasteiger partial charge in [-0.25, -0.2) is 0 Å². The van der Waals surface area contributed by atoms with Crippen molar-refractivity contribution in [2.75, 3.05) is 18.6 Å². The van der Waals surface area contributed by atoms with Crippen LogP contribution in [0.1, 0.15) is 41.1 Å². The van der Waals surface area contributed by atoms with Crippen LogP contribution in [0.5, 0.6) is 11.5 Å². The molecule has 39 heavy (non-hydrogen) atoms. The summed E-state index contributed by atoms with van der Waals surface area (Å²) in [6.45, 7) is 2.90. The molecular weight excluding hydrogens is 492 g/mol. The van der Waals surface area contributed by atoms with Gasteiger partial charge in [0.15, 0.2) is 5.75 Å². The Kier molecular flexibility index (Phi) is 8.15. The number of carbonyl (C=O) groups is 1. The summed E-state index contributed by atoms with van der Waals surface area (Å²) in [5.74, 6) is 1.16. The molecule has 0 fully saturated rings. The largest absolute Gasteiger partial charge is 0.454 e. The van der Waals surface area contributed by atoms with E-state index in [1.165, 1.54) is 0 Å². The SMILES string of the molecule is CO[C@@H](c1ccc(N2C(=O)c3ccccc3Oc3ccccc32)cc1)[C@@H](C)/C=C/CCn1cc(CCO)nn1. The standard InChI is InChI=1S/C31H32N4O4/c1-22(9-7-8-19-34-21-24(18-20-36)32-33-34)30(38-2)23-14-16-25(17-15-23)35-27-11-4-6-13-29(27)39-28-12-5-3-10-26(28)31(35)37/h3-7,9-17,21-22,30,36H,8,18-20H2,1-2H3/b9-7+/t22-,30+/m0/s1. The van der Waals surface area contributed by atoms with Crippen LogP contribution in [0, 0.1) is 5.92 Å². The second-order valence-electron chi connectivity index (χ2n) is 9.48. The van der Waals surface area contributed by atoms with Crippen LogP contribution in [-0.2, 0) is 17.7 Å². The van der Waals surface area contributed by atoms with Crippen molar-refractivity contribution in [2.24, 2.45) is 5.92 Å².